The van der Waals surface area contributed by atoms with Crippen LogP contribution < -0.4 is 5.48 Å². The van der Waals surface area contributed by atoms with Gasteiger partial charge in [0.2, 0.25) is 0 Å². The summed E-state index contributed by atoms with van der Waals surface area (Å²) in [5.74, 6) is 3.03. The molecule has 1 aliphatic rings. The summed E-state index contributed by atoms with van der Waals surface area (Å²) >= 11 is 0. The first-order valence-electron chi connectivity index (χ1n) is 7.82. The first kappa shape index (κ1) is 16.1. The Kier molecular flexibility index (Phi) is 7.04. The van der Waals surface area contributed by atoms with Crippen molar-refractivity contribution in [3.63, 3.8) is 0 Å². The molecule has 0 aliphatic heterocycles. The third-order valence-corrected chi connectivity index (χ3v) is 4.23. The van der Waals surface area contributed by atoms with E-state index in [4.69, 9.17) is 4.84 Å². The molecule has 1 fully saturated rings. The van der Waals surface area contributed by atoms with Crippen LogP contribution in [0.1, 0.15) is 65.7 Å². The minimum atomic E-state index is 0.521. The lowest BCUT2D eigenvalue weighted by Crippen LogP contribution is -2.21. The molecule has 2 nitrogen and oxygen atoms in total. The second-order valence-electron chi connectivity index (χ2n) is 6.33. The average Bonchev–Trinajstić information content (AvgIpc) is 2.42. The van der Waals surface area contributed by atoms with E-state index in [9.17, 15) is 0 Å². The Labute approximate surface area is 119 Å². The zero-order valence-corrected chi connectivity index (χ0v) is 13.0. The first-order chi connectivity index (χ1) is 9.02. The van der Waals surface area contributed by atoms with E-state index in [1.807, 2.05) is 0 Å². The summed E-state index contributed by atoms with van der Waals surface area (Å²) in [5, 5.41) is 0. The van der Waals surface area contributed by atoms with Crippen LogP contribution in [-0.4, -0.2) is 0 Å². The number of hydroxylamine groups is 1. The Morgan fingerprint density at radius 1 is 1.21 bits per heavy atom. The van der Waals surface area contributed by atoms with Gasteiger partial charge in [-0.2, -0.15) is 0 Å². The molecule has 0 amide bonds. The van der Waals surface area contributed by atoms with Crippen molar-refractivity contribution in [1.29, 1.82) is 0 Å². The second-order valence-corrected chi connectivity index (χ2v) is 6.33. The molecule has 1 aliphatic carbocycles. The molecule has 0 saturated heterocycles. The summed E-state index contributed by atoms with van der Waals surface area (Å²) in [7, 11) is 0. The molecule has 0 heterocycles. The summed E-state index contributed by atoms with van der Waals surface area (Å²) < 4.78 is 0. The van der Waals surface area contributed by atoms with Crippen molar-refractivity contribution < 1.29 is 4.84 Å². The lowest BCUT2D eigenvalue weighted by Gasteiger charge is -2.28. The van der Waals surface area contributed by atoms with Gasteiger partial charge in [-0.05, 0) is 50.4 Å². The molecule has 0 unspecified atom stereocenters. The number of hydrogen-bond donors (Lipinski definition) is 1. The second kappa shape index (κ2) is 8.29. The Balaban J connectivity index is 2.19. The quantitative estimate of drug-likeness (QED) is 0.482. The summed E-state index contributed by atoms with van der Waals surface area (Å²) in [4.78, 5) is 5.60. The Morgan fingerprint density at radius 2 is 1.84 bits per heavy atom. The maximum absolute atomic E-state index is 5.60. The SMILES string of the molecule is C=C(CCC(C)C)NOC(=C)C1CCC(CC)CC1. The van der Waals surface area contributed by atoms with E-state index in [1.54, 1.807) is 0 Å². The maximum Gasteiger partial charge on any atom is 0.128 e. The molecule has 1 saturated carbocycles. The van der Waals surface area contributed by atoms with Crippen LogP contribution in [0.4, 0.5) is 0 Å². The van der Waals surface area contributed by atoms with Gasteiger partial charge < -0.3 is 4.84 Å². The number of nitrogens with one attached hydrogen (secondary N) is 1. The predicted octanol–water partition coefficient (Wildman–Crippen LogP) is 5.19. The molecule has 0 radical (unpaired) electrons. The van der Waals surface area contributed by atoms with E-state index >= 15 is 0 Å². The summed E-state index contributed by atoms with van der Waals surface area (Å²) in [5.41, 5.74) is 3.92. The minimum absolute atomic E-state index is 0.521. The van der Waals surface area contributed by atoms with Gasteiger partial charge in [0.15, 0.2) is 0 Å². The van der Waals surface area contributed by atoms with Crippen molar-refractivity contribution >= 4 is 0 Å². The van der Waals surface area contributed by atoms with E-state index < -0.39 is 0 Å². The van der Waals surface area contributed by atoms with E-state index in [0.29, 0.717) is 11.8 Å². The lowest BCUT2D eigenvalue weighted by molar-refractivity contribution is 0.0885. The molecule has 0 aromatic rings. The summed E-state index contributed by atoms with van der Waals surface area (Å²) in [6, 6.07) is 0. The van der Waals surface area contributed by atoms with Crippen LogP contribution in [0.2, 0.25) is 0 Å². The maximum atomic E-state index is 5.60. The predicted molar refractivity (Wildman–Crippen MR) is 82.3 cm³/mol. The fraction of sp³-hybridized carbons (Fsp3) is 0.765. The van der Waals surface area contributed by atoms with Crippen LogP contribution in [0.25, 0.3) is 0 Å². The molecule has 0 spiro atoms. The highest BCUT2D eigenvalue weighted by Gasteiger charge is 2.23. The Morgan fingerprint density at radius 3 is 2.37 bits per heavy atom. The summed E-state index contributed by atoms with van der Waals surface area (Å²) in [6.07, 6.45) is 8.49. The highest BCUT2D eigenvalue weighted by atomic mass is 16.6. The smallest absolute Gasteiger partial charge is 0.128 e. The summed E-state index contributed by atoms with van der Waals surface area (Å²) in [6.45, 7) is 14.8. The average molecular weight is 265 g/mol. The Bertz CT molecular complexity index is 288. The highest BCUT2D eigenvalue weighted by molar-refractivity contribution is 4.95. The largest absolute Gasteiger partial charge is 0.387 e. The van der Waals surface area contributed by atoms with Crippen LogP contribution in [0, 0.1) is 17.8 Å². The molecule has 0 atom stereocenters. The zero-order valence-electron chi connectivity index (χ0n) is 13.0. The fourth-order valence-corrected chi connectivity index (χ4v) is 2.63. The van der Waals surface area contributed by atoms with Crippen LogP contribution in [0.5, 0.6) is 0 Å². The lowest BCUT2D eigenvalue weighted by atomic mass is 9.80. The van der Waals surface area contributed by atoms with Gasteiger partial charge in [-0.3, -0.25) is 0 Å². The molecule has 1 N–H and O–H groups in total. The molecular weight excluding hydrogens is 234 g/mol. The van der Waals surface area contributed by atoms with Crippen molar-refractivity contribution in [2.24, 2.45) is 17.8 Å². The molecular formula is C17H31NO. The number of hydrogen-bond acceptors (Lipinski definition) is 2. The van der Waals surface area contributed by atoms with Gasteiger partial charge in [0.25, 0.3) is 0 Å². The van der Waals surface area contributed by atoms with E-state index in [1.165, 1.54) is 32.1 Å². The highest BCUT2D eigenvalue weighted by Crippen LogP contribution is 2.34. The van der Waals surface area contributed by atoms with Crippen LogP contribution in [0.15, 0.2) is 24.6 Å². The van der Waals surface area contributed by atoms with Crippen LogP contribution >= 0.6 is 0 Å². The van der Waals surface area contributed by atoms with Gasteiger partial charge >= 0.3 is 0 Å². The molecule has 110 valence electrons. The fourth-order valence-electron chi connectivity index (χ4n) is 2.63. The van der Waals surface area contributed by atoms with Gasteiger partial charge in [0.1, 0.15) is 5.76 Å². The van der Waals surface area contributed by atoms with Crippen LogP contribution in [0.3, 0.4) is 0 Å². The van der Waals surface area contributed by atoms with E-state index in [2.05, 4.69) is 39.4 Å². The van der Waals surface area contributed by atoms with E-state index in [0.717, 1.165) is 30.2 Å². The third kappa shape index (κ3) is 6.17. The van der Waals surface area contributed by atoms with Gasteiger partial charge in [-0.25, -0.2) is 5.48 Å². The topological polar surface area (TPSA) is 21.3 Å². The van der Waals surface area contributed by atoms with Crippen molar-refractivity contribution in [1.82, 2.24) is 5.48 Å². The molecule has 2 heteroatoms. The van der Waals surface area contributed by atoms with E-state index in [-0.39, 0.29) is 0 Å². The normalized spacial score (nSPS) is 23.2. The van der Waals surface area contributed by atoms with Crippen molar-refractivity contribution in [3.05, 3.63) is 24.6 Å². The van der Waals surface area contributed by atoms with Crippen molar-refractivity contribution in [3.8, 4) is 0 Å². The van der Waals surface area contributed by atoms with Gasteiger partial charge in [0.05, 0.1) is 0 Å². The monoisotopic (exact) mass is 265 g/mol. The minimum Gasteiger partial charge on any atom is -0.387 e. The zero-order chi connectivity index (χ0) is 14.3. The third-order valence-electron chi connectivity index (χ3n) is 4.23. The molecule has 0 aromatic heterocycles. The molecule has 0 bridgehead atoms. The van der Waals surface area contributed by atoms with Crippen molar-refractivity contribution in [2.75, 3.05) is 0 Å². The molecule has 19 heavy (non-hydrogen) atoms. The van der Waals surface area contributed by atoms with Crippen LogP contribution in [-0.2, 0) is 4.84 Å². The number of rotatable bonds is 8. The molecule has 1 rings (SSSR count). The van der Waals surface area contributed by atoms with Crippen molar-refractivity contribution in [2.45, 2.75) is 65.7 Å². The van der Waals surface area contributed by atoms with Gasteiger partial charge in [0, 0.05) is 11.6 Å². The standard InChI is InChI=1S/C17H31NO/c1-6-16-9-11-17(12-10-16)15(5)19-18-14(4)8-7-13(2)3/h13,16-18H,4-12H2,1-3H3. The van der Waals surface area contributed by atoms with Gasteiger partial charge in [-0.15, -0.1) is 0 Å². The first-order valence-corrected chi connectivity index (χ1v) is 7.82. The van der Waals surface area contributed by atoms with Gasteiger partial charge in [-0.1, -0.05) is 40.3 Å². The number of allylic oxidation sites excluding steroid dienone is 2. The molecule has 0 aromatic carbocycles. The Hall–Kier alpha value is -0.920.